The molecule has 0 aromatic carbocycles. The van der Waals surface area contributed by atoms with Crippen molar-refractivity contribution in [2.45, 2.75) is 36.2 Å². The van der Waals surface area contributed by atoms with Crippen LogP contribution in [0.3, 0.4) is 0 Å². The molecular formula is C12H22N2O14P2S2. The van der Waals surface area contributed by atoms with Crippen LogP contribution in [0, 0.1) is 0 Å². The Hall–Kier alpha value is -0.0400. The van der Waals surface area contributed by atoms with Gasteiger partial charge in [-0.05, 0) is 12.8 Å². The van der Waals surface area contributed by atoms with Crippen molar-refractivity contribution in [3.05, 3.63) is 0 Å². The van der Waals surface area contributed by atoms with Crippen molar-refractivity contribution in [3.63, 3.8) is 0 Å². The maximum atomic E-state index is 12.0. The Morgan fingerprint density at radius 1 is 0.719 bits per heavy atom. The van der Waals surface area contributed by atoms with Crippen molar-refractivity contribution >= 4 is 34.9 Å². The first-order valence-corrected chi connectivity index (χ1v) is 16.2. The van der Waals surface area contributed by atoms with E-state index in [1.807, 2.05) is 0 Å². The van der Waals surface area contributed by atoms with Gasteiger partial charge in [0, 0.05) is 25.2 Å². The maximum Gasteiger partial charge on any atom is 0.406 e. The fourth-order valence-electron chi connectivity index (χ4n) is 4.16. The topological polar surface area (TPSA) is 240 Å². The maximum absolute atomic E-state index is 12.0. The second-order valence-corrected chi connectivity index (χ2v) is 15.8. The summed E-state index contributed by atoms with van der Waals surface area (Å²) in [7, 11) is -17.2. The van der Waals surface area contributed by atoms with Crippen LogP contribution >= 0.6 is 15.2 Å². The van der Waals surface area contributed by atoms with Gasteiger partial charge in [0.25, 0.3) is 0 Å². The van der Waals surface area contributed by atoms with E-state index in [1.165, 1.54) is 0 Å². The number of hydrogen-bond acceptors (Lipinski definition) is 12. The minimum Gasteiger partial charge on any atom is -0.319 e. The monoisotopic (exact) mass is 544 g/mol. The first-order chi connectivity index (χ1) is 14.5. The lowest BCUT2D eigenvalue weighted by Gasteiger charge is -2.35. The average molecular weight is 544 g/mol. The minimum absolute atomic E-state index is 0.00521. The molecule has 2 unspecified atom stereocenters. The van der Waals surface area contributed by atoms with Crippen molar-refractivity contribution in [1.29, 1.82) is 0 Å². The largest absolute Gasteiger partial charge is 0.406 e. The number of sulfone groups is 2. The van der Waals surface area contributed by atoms with E-state index in [9.17, 15) is 45.5 Å². The highest BCUT2D eigenvalue weighted by Gasteiger charge is 2.73. The smallest absolute Gasteiger partial charge is 0.319 e. The Labute approximate surface area is 182 Å². The molecule has 0 aromatic heterocycles. The van der Waals surface area contributed by atoms with Gasteiger partial charge in [-0.3, -0.25) is 9.13 Å². The molecule has 4 heterocycles. The van der Waals surface area contributed by atoms with E-state index in [1.54, 1.807) is 0 Å². The third kappa shape index (κ3) is 4.47. The molecule has 4 fully saturated rings. The van der Waals surface area contributed by atoms with Gasteiger partial charge in [0.05, 0.1) is 23.0 Å². The lowest BCUT2D eigenvalue weighted by atomic mass is 10.2. The van der Waals surface area contributed by atoms with Crippen molar-refractivity contribution in [2.24, 2.45) is 0 Å². The predicted molar refractivity (Wildman–Crippen MR) is 101 cm³/mol. The molecule has 0 saturated carbocycles. The summed E-state index contributed by atoms with van der Waals surface area (Å²) in [6, 6.07) is -1.87. The summed E-state index contributed by atoms with van der Waals surface area (Å²) in [5, 5.41) is 0. The molecule has 4 aliphatic heterocycles. The highest BCUT2D eigenvalue weighted by molar-refractivity contribution is 7.91. The quantitative estimate of drug-likeness (QED) is 0.133. The lowest BCUT2D eigenvalue weighted by Crippen LogP contribution is -2.54. The van der Waals surface area contributed by atoms with Crippen LogP contribution in [0.5, 0.6) is 0 Å². The molecule has 4 rings (SSSR count). The van der Waals surface area contributed by atoms with Gasteiger partial charge in [-0.25, -0.2) is 26.6 Å². The van der Waals surface area contributed by atoms with Crippen LogP contribution in [-0.4, -0.2) is 106 Å². The molecule has 4 aliphatic rings. The molecular weight excluding hydrogens is 522 g/mol. The molecule has 16 nitrogen and oxygen atoms in total. The van der Waals surface area contributed by atoms with E-state index in [-0.39, 0.29) is 24.3 Å². The second-order valence-electron chi connectivity index (χ2n) is 8.02. The molecule has 0 spiro atoms. The summed E-state index contributed by atoms with van der Waals surface area (Å²) < 4.78 is 71.8. The Morgan fingerprint density at radius 3 is 1.22 bits per heavy atom. The van der Waals surface area contributed by atoms with Gasteiger partial charge in [-0.2, -0.15) is 19.6 Å². The van der Waals surface area contributed by atoms with Crippen LogP contribution in [0.2, 0.25) is 0 Å². The summed E-state index contributed by atoms with van der Waals surface area (Å²) in [4.78, 5) is 59.2. The van der Waals surface area contributed by atoms with Gasteiger partial charge < -0.3 is 19.6 Å². The first kappa shape index (κ1) is 25.1. The highest BCUT2D eigenvalue weighted by atomic mass is 32.2. The van der Waals surface area contributed by atoms with E-state index in [0.717, 1.165) is 9.80 Å². The normalized spacial score (nSPS) is 32.4. The van der Waals surface area contributed by atoms with Gasteiger partial charge in [-0.15, -0.1) is 0 Å². The van der Waals surface area contributed by atoms with Crippen LogP contribution < -0.4 is 0 Å². The molecule has 186 valence electrons. The standard InChI is InChI=1S/C12H22N2O14P2S2/c15-29(16,17)11(25-26-11)13(9-1-5-31(21,22)7-9)3-4-14(10-2-6-32(23,24)8-10)12(27-28-12)30(18,19)20/h9-10H,1-8H2,(H2,15,16,17)(H2,18,19,20). The summed E-state index contributed by atoms with van der Waals surface area (Å²) >= 11 is 0. The molecule has 4 saturated heterocycles. The highest BCUT2D eigenvalue weighted by Crippen LogP contribution is 2.64. The summed E-state index contributed by atoms with van der Waals surface area (Å²) in [5.74, 6) is -1.38. The molecule has 0 aromatic rings. The predicted octanol–water partition coefficient (Wildman–Crippen LogP) is -2.53. The van der Waals surface area contributed by atoms with E-state index in [4.69, 9.17) is 0 Å². The van der Waals surface area contributed by atoms with E-state index >= 15 is 0 Å². The van der Waals surface area contributed by atoms with Crippen LogP contribution in [0.15, 0.2) is 0 Å². The Kier molecular flexibility index (Phi) is 6.05. The van der Waals surface area contributed by atoms with Crippen LogP contribution in [0.25, 0.3) is 0 Å². The molecule has 20 heteroatoms. The zero-order valence-corrected chi connectivity index (χ0v) is 19.7. The Balaban J connectivity index is 1.62. The van der Waals surface area contributed by atoms with Crippen LogP contribution in [0.1, 0.15) is 12.8 Å². The zero-order valence-electron chi connectivity index (χ0n) is 16.3. The zero-order chi connectivity index (χ0) is 23.8. The van der Waals surface area contributed by atoms with E-state index < -0.39 is 82.8 Å². The fourth-order valence-corrected chi connectivity index (χ4v) is 9.28. The molecule has 2 atom stereocenters. The third-order valence-corrected chi connectivity index (χ3v) is 11.6. The van der Waals surface area contributed by atoms with Crippen molar-refractivity contribution in [3.8, 4) is 0 Å². The van der Waals surface area contributed by atoms with Gasteiger partial charge >= 0.3 is 26.5 Å². The summed E-state index contributed by atoms with van der Waals surface area (Å²) in [5.41, 5.74) is -5.10. The van der Waals surface area contributed by atoms with Gasteiger partial charge in [-0.1, -0.05) is 0 Å². The van der Waals surface area contributed by atoms with Gasteiger partial charge in [0.15, 0.2) is 19.7 Å². The Bertz CT molecular complexity index is 989. The Morgan fingerprint density at radius 2 is 1.03 bits per heavy atom. The lowest BCUT2D eigenvalue weighted by molar-refractivity contribution is 0.0309. The minimum atomic E-state index is -5.12. The van der Waals surface area contributed by atoms with Crippen LogP contribution in [0.4, 0.5) is 0 Å². The SMILES string of the molecule is O=P(O)(O)C1(N(CCN(C2CCS(=O)(=O)C2)C2(P(=O)(O)O)OO2)C2CCS(=O)(=O)C2)OO1. The van der Waals surface area contributed by atoms with Gasteiger partial charge in [0.2, 0.25) is 0 Å². The molecule has 0 bridgehead atoms. The number of rotatable bonds is 9. The first-order valence-electron chi connectivity index (χ1n) is 9.31. The summed E-state index contributed by atoms with van der Waals surface area (Å²) in [6.45, 7) is -0.841. The molecule has 32 heavy (non-hydrogen) atoms. The average Bonchev–Trinajstić information content (AvgIpc) is 3.51. The molecule has 4 N–H and O–H groups in total. The van der Waals surface area contributed by atoms with Gasteiger partial charge in [0.1, 0.15) is 0 Å². The molecule has 0 radical (unpaired) electrons. The fraction of sp³-hybridized carbons (Fsp3) is 1.00. The van der Waals surface area contributed by atoms with E-state index in [0.29, 0.717) is 0 Å². The molecule has 0 amide bonds. The summed E-state index contributed by atoms with van der Waals surface area (Å²) in [6.07, 6.45) is 0.0104. The van der Waals surface area contributed by atoms with Crippen molar-refractivity contribution in [1.82, 2.24) is 9.80 Å². The van der Waals surface area contributed by atoms with Crippen LogP contribution in [-0.2, 0) is 48.4 Å². The van der Waals surface area contributed by atoms with Crippen molar-refractivity contribution < 1.29 is 65.1 Å². The van der Waals surface area contributed by atoms with E-state index in [2.05, 4.69) is 19.6 Å². The third-order valence-electron chi connectivity index (χ3n) is 5.81. The number of hydrogen-bond donors (Lipinski definition) is 4. The number of nitrogens with zero attached hydrogens (tertiary/aromatic N) is 2. The molecule has 0 aliphatic carbocycles. The second kappa shape index (κ2) is 7.73. The van der Waals surface area contributed by atoms with Crippen molar-refractivity contribution in [2.75, 3.05) is 36.1 Å².